The SMILES string of the molecule is CCc1ccc(S(=O)(=O)N2CCN(c3ccccc3OC)CC2)s1. The van der Waals surface area contributed by atoms with Gasteiger partial charge in [-0.1, -0.05) is 19.1 Å². The Balaban J connectivity index is 1.72. The highest BCUT2D eigenvalue weighted by molar-refractivity contribution is 7.91. The summed E-state index contributed by atoms with van der Waals surface area (Å²) in [6.07, 6.45) is 0.863. The number of methoxy groups -OCH3 is 1. The summed E-state index contributed by atoms with van der Waals surface area (Å²) < 4.78 is 33.0. The third-order valence-electron chi connectivity index (χ3n) is 4.24. The first kappa shape index (κ1) is 17.3. The first-order valence-corrected chi connectivity index (χ1v) is 10.3. The number of nitrogens with zero attached hydrogens (tertiary/aromatic N) is 2. The molecule has 3 rings (SSSR count). The lowest BCUT2D eigenvalue weighted by Gasteiger charge is -2.35. The number of aryl methyl sites for hydroxylation is 1. The molecule has 0 N–H and O–H groups in total. The molecule has 1 fully saturated rings. The first-order valence-electron chi connectivity index (χ1n) is 8.03. The molecule has 0 bridgehead atoms. The predicted octanol–water partition coefficient (Wildman–Crippen LogP) is 2.83. The van der Waals surface area contributed by atoms with Crippen LogP contribution in [-0.4, -0.2) is 46.0 Å². The summed E-state index contributed by atoms with van der Waals surface area (Å²) in [7, 11) is -1.72. The van der Waals surface area contributed by atoms with E-state index in [1.165, 1.54) is 11.3 Å². The molecule has 2 aromatic rings. The van der Waals surface area contributed by atoms with E-state index in [1.54, 1.807) is 17.5 Å². The van der Waals surface area contributed by atoms with Crippen LogP contribution in [-0.2, 0) is 16.4 Å². The second-order valence-corrected chi connectivity index (χ2v) is 8.97. The van der Waals surface area contributed by atoms with E-state index in [0.717, 1.165) is 22.7 Å². The molecule has 7 heteroatoms. The highest BCUT2D eigenvalue weighted by Crippen LogP contribution is 2.30. The maximum Gasteiger partial charge on any atom is 0.252 e. The van der Waals surface area contributed by atoms with Crippen molar-refractivity contribution in [2.75, 3.05) is 38.2 Å². The monoisotopic (exact) mass is 366 g/mol. The Bertz CT molecular complexity index is 794. The number of benzene rings is 1. The fourth-order valence-electron chi connectivity index (χ4n) is 2.87. The summed E-state index contributed by atoms with van der Waals surface area (Å²) in [6.45, 7) is 4.32. The first-order chi connectivity index (χ1) is 11.6. The minimum absolute atomic E-state index is 0.449. The number of rotatable bonds is 5. The molecule has 0 radical (unpaired) electrons. The van der Waals surface area contributed by atoms with Crippen LogP contribution in [0.3, 0.4) is 0 Å². The summed E-state index contributed by atoms with van der Waals surface area (Å²) in [4.78, 5) is 3.28. The maximum absolute atomic E-state index is 12.8. The molecule has 2 heterocycles. The number of thiophene rings is 1. The number of piperazine rings is 1. The van der Waals surface area contributed by atoms with Crippen molar-refractivity contribution in [2.45, 2.75) is 17.6 Å². The number of para-hydroxylation sites is 2. The fraction of sp³-hybridized carbons (Fsp3) is 0.412. The molecule has 1 aliphatic heterocycles. The van der Waals surface area contributed by atoms with Gasteiger partial charge in [0.25, 0.3) is 10.0 Å². The van der Waals surface area contributed by atoms with E-state index in [1.807, 2.05) is 37.3 Å². The average molecular weight is 367 g/mol. The maximum atomic E-state index is 12.8. The van der Waals surface area contributed by atoms with Crippen molar-refractivity contribution in [2.24, 2.45) is 0 Å². The van der Waals surface area contributed by atoms with Crippen LogP contribution in [0.5, 0.6) is 5.75 Å². The van der Waals surface area contributed by atoms with Crippen molar-refractivity contribution in [3.8, 4) is 5.75 Å². The van der Waals surface area contributed by atoms with Gasteiger partial charge < -0.3 is 9.64 Å². The van der Waals surface area contributed by atoms with Gasteiger partial charge in [0.05, 0.1) is 12.8 Å². The molecule has 0 unspecified atom stereocenters. The Morgan fingerprint density at radius 3 is 2.42 bits per heavy atom. The minimum Gasteiger partial charge on any atom is -0.495 e. The van der Waals surface area contributed by atoms with Crippen LogP contribution in [0.4, 0.5) is 5.69 Å². The van der Waals surface area contributed by atoms with Gasteiger partial charge in [-0.25, -0.2) is 8.42 Å². The van der Waals surface area contributed by atoms with E-state index in [2.05, 4.69) is 4.90 Å². The van der Waals surface area contributed by atoms with E-state index in [9.17, 15) is 8.42 Å². The number of hydrogen-bond donors (Lipinski definition) is 0. The molecular formula is C17H22N2O3S2. The topological polar surface area (TPSA) is 49.9 Å². The summed E-state index contributed by atoms with van der Waals surface area (Å²) in [5.41, 5.74) is 1.02. The molecule has 5 nitrogen and oxygen atoms in total. The average Bonchev–Trinajstić information content (AvgIpc) is 3.12. The van der Waals surface area contributed by atoms with Crippen LogP contribution in [0.25, 0.3) is 0 Å². The standard InChI is InChI=1S/C17H22N2O3S2/c1-3-14-8-9-17(23-14)24(20,21)19-12-10-18(11-13-19)15-6-4-5-7-16(15)22-2/h4-9H,3,10-13H2,1-2H3. The van der Waals surface area contributed by atoms with E-state index in [0.29, 0.717) is 30.4 Å². The van der Waals surface area contributed by atoms with E-state index < -0.39 is 10.0 Å². The smallest absolute Gasteiger partial charge is 0.252 e. The quantitative estimate of drug-likeness (QED) is 0.816. The van der Waals surface area contributed by atoms with Gasteiger partial charge in [0.1, 0.15) is 9.96 Å². The molecule has 24 heavy (non-hydrogen) atoms. The lowest BCUT2D eigenvalue weighted by Crippen LogP contribution is -2.48. The van der Waals surface area contributed by atoms with E-state index >= 15 is 0 Å². The lowest BCUT2D eigenvalue weighted by molar-refractivity contribution is 0.379. The zero-order valence-electron chi connectivity index (χ0n) is 13.9. The highest BCUT2D eigenvalue weighted by Gasteiger charge is 2.30. The van der Waals surface area contributed by atoms with Gasteiger partial charge in [0.15, 0.2) is 0 Å². The Morgan fingerprint density at radius 2 is 1.79 bits per heavy atom. The molecule has 0 amide bonds. The van der Waals surface area contributed by atoms with Crippen LogP contribution in [0.15, 0.2) is 40.6 Å². The van der Waals surface area contributed by atoms with Crippen molar-refractivity contribution in [1.29, 1.82) is 0 Å². The molecule has 1 aliphatic rings. The zero-order valence-corrected chi connectivity index (χ0v) is 15.6. The van der Waals surface area contributed by atoms with Gasteiger partial charge in [0.2, 0.25) is 0 Å². The minimum atomic E-state index is -3.38. The van der Waals surface area contributed by atoms with E-state index in [-0.39, 0.29) is 0 Å². The van der Waals surface area contributed by atoms with Crippen LogP contribution in [0.2, 0.25) is 0 Å². The molecule has 0 aliphatic carbocycles. The van der Waals surface area contributed by atoms with Crippen LogP contribution >= 0.6 is 11.3 Å². The Morgan fingerprint density at radius 1 is 1.08 bits per heavy atom. The van der Waals surface area contributed by atoms with Gasteiger partial charge in [0, 0.05) is 31.1 Å². The molecule has 0 saturated carbocycles. The van der Waals surface area contributed by atoms with Crippen LogP contribution in [0, 0.1) is 0 Å². The number of sulfonamides is 1. The van der Waals surface area contributed by atoms with Crippen molar-refractivity contribution < 1.29 is 13.2 Å². The van der Waals surface area contributed by atoms with Crippen molar-refractivity contribution in [3.63, 3.8) is 0 Å². The molecule has 130 valence electrons. The fourth-order valence-corrected chi connectivity index (χ4v) is 5.75. The van der Waals surface area contributed by atoms with Gasteiger partial charge >= 0.3 is 0 Å². The van der Waals surface area contributed by atoms with Crippen LogP contribution < -0.4 is 9.64 Å². The molecular weight excluding hydrogens is 344 g/mol. The lowest BCUT2D eigenvalue weighted by atomic mass is 10.2. The number of ether oxygens (including phenoxy) is 1. The second kappa shape index (κ2) is 7.13. The van der Waals surface area contributed by atoms with Crippen molar-refractivity contribution >= 4 is 27.0 Å². The van der Waals surface area contributed by atoms with Gasteiger partial charge in [-0.15, -0.1) is 11.3 Å². The van der Waals surface area contributed by atoms with Crippen molar-refractivity contribution in [3.05, 3.63) is 41.3 Å². The third-order valence-corrected chi connectivity index (χ3v) is 7.84. The Hall–Kier alpha value is -1.57. The number of anilines is 1. The molecule has 1 aromatic carbocycles. The molecule has 1 saturated heterocycles. The second-order valence-electron chi connectivity index (χ2n) is 5.64. The molecule has 0 atom stereocenters. The third kappa shape index (κ3) is 3.29. The largest absolute Gasteiger partial charge is 0.495 e. The summed E-state index contributed by atoms with van der Waals surface area (Å²) in [5.74, 6) is 0.819. The molecule has 0 spiro atoms. The summed E-state index contributed by atoms with van der Waals surface area (Å²) >= 11 is 1.37. The van der Waals surface area contributed by atoms with Crippen molar-refractivity contribution in [1.82, 2.24) is 4.31 Å². The Labute approximate surface area is 147 Å². The zero-order chi connectivity index (χ0) is 17.2. The van der Waals surface area contributed by atoms with Gasteiger partial charge in [-0.3, -0.25) is 0 Å². The van der Waals surface area contributed by atoms with Crippen LogP contribution in [0.1, 0.15) is 11.8 Å². The number of hydrogen-bond acceptors (Lipinski definition) is 5. The highest BCUT2D eigenvalue weighted by atomic mass is 32.2. The van der Waals surface area contributed by atoms with E-state index in [4.69, 9.17) is 4.74 Å². The summed E-state index contributed by atoms with van der Waals surface area (Å²) in [6, 6.07) is 11.5. The van der Waals surface area contributed by atoms with Gasteiger partial charge in [-0.2, -0.15) is 4.31 Å². The normalized spacial score (nSPS) is 16.3. The van der Waals surface area contributed by atoms with Gasteiger partial charge in [-0.05, 0) is 30.7 Å². The predicted molar refractivity (Wildman–Crippen MR) is 97.7 cm³/mol. The Kier molecular flexibility index (Phi) is 5.12. The molecule has 1 aromatic heterocycles. The summed E-state index contributed by atoms with van der Waals surface area (Å²) in [5, 5.41) is 0.